The van der Waals surface area contributed by atoms with E-state index in [9.17, 15) is 9.59 Å². The van der Waals surface area contributed by atoms with Gasteiger partial charge >= 0.3 is 0 Å². The molecule has 3 rings (SSSR count). The second kappa shape index (κ2) is 9.72. The smallest absolute Gasteiger partial charge is 0.251 e. The number of amides is 2. The average Bonchev–Trinajstić information content (AvgIpc) is 2.73. The van der Waals surface area contributed by atoms with Crippen LogP contribution in [0.2, 0.25) is 5.02 Å². The molecule has 142 valence electrons. The summed E-state index contributed by atoms with van der Waals surface area (Å²) in [5, 5.41) is 6.36. The molecule has 1 unspecified atom stereocenters. The van der Waals surface area contributed by atoms with E-state index in [2.05, 4.69) is 10.6 Å². The molecule has 3 aromatic rings. The molecule has 5 heteroatoms. The Morgan fingerprint density at radius 3 is 2.14 bits per heavy atom. The maximum Gasteiger partial charge on any atom is 0.251 e. The lowest BCUT2D eigenvalue weighted by atomic mass is 10.0. The highest BCUT2D eigenvalue weighted by atomic mass is 35.5. The first-order valence-electron chi connectivity index (χ1n) is 9.04. The Bertz CT molecular complexity index is 930. The molecule has 0 bridgehead atoms. The molecule has 0 aliphatic heterocycles. The van der Waals surface area contributed by atoms with E-state index in [1.54, 1.807) is 36.4 Å². The topological polar surface area (TPSA) is 58.2 Å². The van der Waals surface area contributed by atoms with E-state index >= 15 is 0 Å². The molecular weight excluding hydrogens is 372 g/mol. The molecule has 0 saturated heterocycles. The van der Waals surface area contributed by atoms with Gasteiger partial charge in [0, 0.05) is 23.6 Å². The SMILES string of the molecule is O=C(NC(Cc1ccccc1)C(=O)NCc1cccc(Cl)c1)c1ccccc1. The van der Waals surface area contributed by atoms with Crippen LogP contribution >= 0.6 is 11.6 Å². The monoisotopic (exact) mass is 392 g/mol. The Morgan fingerprint density at radius 1 is 0.821 bits per heavy atom. The third-order valence-electron chi connectivity index (χ3n) is 4.30. The number of benzene rings is 3. The number of hydrogen-bond acceptors (Lipinski definition) is 2. The number of hydrogen-bond donors (Lipinski definition) is 2. The van der Waals surface area contributed by atoms with Crippen LogP contribution in [0.15, 0.2) is 84.9 Å². The third-order valence-corrected chi connectivity index (χ3v) is 4.53. The average molecular weight is 393 g/mol. The lowest BCUT2D eigenvalue weighted by molar-refractivity contribution is -0.123. The first kappa shape index (κ1) is 19.6. The first-order chi connectivity index (χ1) is 13.6. The van der Waals surface area contributed by atoms with Gasteiger partial charge in [-0.05, 0) is 35.4 Å². The molecular formula is C23H21ClN2O2. The minimum absolute atomic E-state index is 0.242. The highest BCUT2D eigenvalue weighted by molar-refractivity contribution is 6.30. The minimum atomic E-state index is -0.686. The van der Waals surface area contributed by atoms with Gasteiger partial charge in [0.15, 0.2) is 0 Å². The van der Waals surface area contributed by atoms with Crippen LogP contribution in [0.25, 0.3) is 0 Å². The molecule has 0 aliphatic rings. The van der Waals surface area contributed by atoms with E-state index in [0.717, 1.165) is 11.1 Å². The van der Waals surface area contributed by atoms with E-state index in [4.69, 9.17) is 11.6 Å². The van der Waals surface area contributed by atoms with Crippen molar-refractivity contribution < 1.29 is 9.59 Å². The van der Waals surface area contributed by atoms with Gasteiger partial charge in [-0.3, -0.25) is 9.59 Å². The van der Waals surface area contributed by atoms with Crippen molar-refractivity contribution in [2.45, 2.75) is 19.0 Å². The summed E-state index contributed by atoms with van der Waals surface area (Å²) in [7, 11) is 0. The van der Waals surface area contributed by atoms with Crippen molar-refractivity contribution in [3.63, 3.8) is 0 Å². The van der Waals surface area contributed by atoms with Crippen LogP contribution in [0, 0.1) is 0 Å². The third kappa shape index (κ3) is 5.69. The van der Waals surface area contributed by atoms with Crippen LogP contribution in [0.4, 0.5) is 0 Å². The number of nitrogens with one attached hydrogen (secondary N) is 2. The summed E-state index contributed by atoms with van der Waals surface area (Å²) < 4.78 is 0. The fourth-order valence-corrected chi connectivity index (χ4v) is 3.06. The Labute approximate surface area is 169 Å². The highest BCUT2D eigenvalue weighted by Crippen LogP contribution is 2.11. The molecule has 2 N–H and O–H groups in total. The summed E-state index contributed by atoms with van der Waals surface area (Å²) in [5.74, 6) is -0.521. The molecule has 0 radical (unpaired) electrons. The highest BCUT2D eigenvalue weighted by Gasteiger charge is 2.21. The Morgan fingerprint density at radius 2 is 1.46 bits per heavy atom. The van der Waals surface area contributed by atoms with E-state index in [1.807, 2.05) is 48.5 Å². The summed E-state index contributed by atoms with van der Waals surface area (Å²) in [6.07, 6.45) is 0.404. The molecule has 0 saturated carbocycles. The molecule has 0 aromatic heterocycles. The molecule has 0 fully saturated rings. The van der Waals surface area contributed by atoms with Crippen molar-refractivity contribution in [1.82, 2.24) is 10.6 Å². The van der Waals surface area contributed by atoms with E-state index < -0.39 is 6.04 Å². The van der Waals surface area contributed by atoms with Crippen molar-refractivity contribution in [2.75, 3.05) is 0 Å². The zero-order valence-corrected chi connectivity index (χ0v) is 16.0. The second-order valence-corrected chi connectivity index (χ2v) is 6.87. The molecule has 0 aliphatic carbocycles. The summed E-state index contributed by atoms with van der Waals surface area (Å²) in [5.41, 5.74) is 2.38. The molecule has 0 heterocycles. The zero-order valence-electron chi connectivity index (χ0n) is 15.3. The normalized spacial score (nSPS) is 11.5. The van der Waals surface area contributed by atoms with Crippen molar-refractivity contribution in [2.24, 2.45) is 0 Å². The second-order valence-electron chi connectivity index (χ2n) is 6.43. The van der Waals surface area contributed by atoms with Crippen molar-refractivity contribution in [1.29, 1.82) is 0 Å². The van der Waals surface area contributed by atoms with Crippen LogP contribution in [0.3, 0.4) is 0 Å². The summed E-state index contributed by atoms with van der Waals surface area (Å²) in [6.45, 7) is 0.339. The largest absolute Gasteiger partial charge is 0.350 e. The van der Waals surface area contributed by atoms with Crippen LogP contribution in [-0.2, 0) is 17.8 Å². The van der Waals surface area contributed by atoms with Crippen molar-refractivity contribution >= 4 is 23.4 Å². The van der Waals surface area contributed by atoms with Gasteiger partial charge in [-0.1, -0.05) is 72.3 Å². The van der Waals surface area contributed by atoms with Gasteiger partial charge < -0.3 is 10.6 Å². The quantitative estimate of drug-likeness (QED) is 0.638. The Kier molecular flexibility index (Phi) is 6.82. The van der Waals surface area contributed by atoms with Gasteiger partial charge in [0.05, 0.1) is 0 Å². The fourth-order valence-electron chi connectivity index (χ4n) is 2.85. The Balaban J connectivity index is 1.71. The molecule has 28 heavy (non-hydrogen) atoms. The number of carbonyl (C=O) groups excluding carboxylic acids is 2. The van der Waals surface area contributed by atoms with Gasteiger partial charge in [-0.2, -0.15) is 0 Å². The number of halogens is 1. The van der Waals surface area contributed by atoms with E-state index in [1.165, 1.54) is 0 Å². The van der Waals surface area contributed by atoms with E-state index in [0.29, 0.717) is 23.6 Å². The summed E-state index contributed by atoms with van der Waals surface area (Å²) in [6, 6.07) is 25.1. The molecule has 2 amide bonds. The van der Waals surface area contributed by atoms with Gasteiger partial charge in [0.2, 0.25) is 5.91 Å². The Hall–Kier alpha value is -3.11. The van der Waals surface area contributed by atoms with E-state index in [-0.39, 0.29) is 11.8 Å². The van der Waals surface area contributed by atoms with Crippen molar-refractivity contribution in [3.8, 4) is 0 Å². The molecule has 1 atom stereocenters. The standard InChI is InChI=1S/C23H21ClN2O2/c24-20-13-7-10-18(14-20)16-25-23(28)21(15-17-8-3-1-4-9-17)26-22(27)19-11-5-2-6-12-19/h1-14,21H,15-16H2,(H,25,28)(H,26,27). The van der Waals surface area contributed by atoms with Crippen molar-refractivity contribution in [3.05, 3.63) is 107 Å². The van der Waals surface area contributed by atoms with Crippen LogP contribution in [0.5, 0.6) is 0 Å². The minimum Gasteiger partial charge on any atom is -0.350 e. The van der Waals surface area contributed by atoms with Gasteiger partial charge in [0.25, 0.3) is 5.91 Å². The summed E-state index contributed by atoms with van der Waals surface area (Å²) >= 11 is 6.00. The molecule has 3 aromatic carbocycles. The molecule has 0 spiro atoms. The number of carbonyl (C=O) groups is 2. The van der Waals surface area contributed by atoms with Gasteiger partial charge in [0.1, 0.15) is 6.04 Å². The van der Waals surface area contributed by atoms with Crippen LogP contribution < -0.4 is 10.6 Å². The first-order valence-corrected chi connectivity index (χ1v) is 9.41. The zero-order chi connectivity index (χ0) is 19.8. The molecule has 4 nitrogen and oxygen atoms in total. The lowest BCUT2D eigenvalue weighted by Gasteiger charge is -2.19. The maximum atomic E-state index is 12.8. The van der Waals surface area contributed by atoms with Crippen LogP contribution in [0.1, 0.15) is 21.5 Å². The van der Waals surface area contributed by atoms with Crippen LogP contribution in [-0.4, -0.2) is 17.9 Å². The summed E-state index contributed by atoms with van der Waals surface area (Å²) in [4.78, 5) is 25.4. The number of rotatable bonds is 7. The maximum absolute atomic E-state index is 12.8. The predicted octanol–water partition coefficient (Wildman–Crippen LogP) is 4.00. The lowest BCUT2D eigenvalue weighted by Crippen LogP contribution is -2.47. The fraction of sp³-hybridized carbons (Fsp3) is 0.130. The predicted molar refractivity (Wildman–Crippen MR) is 111 cm³/mol. The van der Waals surface area contributed by atoms with Gasteiger partial charge in [-0.25, -0.2) is 0 Å². The van der Waals surface area contributed by atoms with Gasteiger partial charge in [-0.15, -0.1) is 0 Å².